The molecule has 0 N–H and O–H groups in total. The third-order valence-corrected chi connectivity index (χ3v) is 6.13. The first-order valence-electron chi connectivity index (χ1n) is 10.2. The average Bonchev–Trinajstić information content (AvgIpc) is 3.35. The molecule has 2 aliphatic rings. The molecule has 1 atom stereocenters. The van der Waals surface area contributed by atoms with Crippen LogP contribution in [0.2, 0.25) is 5.02 Å². The van der Waals surface area contributed by atoms with E-state index in [1.165, 1.54) is 6.07 Å². The van der Waals surface area contributed by atoms with Crippen molar-refractivity contribution in [3.63, 3.8) is 0 Å². The van der Waals surface area contributed by atoms with Gasteiger partial charge in [0.15, 0.2) is 0 Å². The number of carbonyl (C=O) groups is 1. The number of amides is 1. The number of imidazole rings is 1. The van der Waals surface area contributed by atoms with Crippen LogP contribution in [0, 0.1) is 5.82 Å². The Morgan fingerprint density at radius 3 is 2.78 bits per heavy atom. The van der Waals surface area contributed by atoms with E-state index in [-0.39, 0.29) is 22.5 Å². The Kier molecular flexibility index (Phi) is 5.15. The predicted molar refractivity (Wildman–Crippen MR) is 116 cm³/mol. The molecule has 0 unspecified atom stereocenters. The fraction of sp³-hybridized carbons (Fsp3) is 0.273. The third-order valence-electron chi connectivity index (χ3n) is 5.76. The molecule has 32 heavy (non-hydrogen) atoms. The van der Waals surface area contributed by atoms with Crippen molar-refractivity contribution in [3.8, 4) is 17.2 Å². The normalized spacial score (nSPS) is 16.8. The summed E-state index contributed by atoms with van der Waals surface area (Å²) in [7, 11) is 0. The summed E-state index contributed by atoms with van der Waals surface area (Å²) in [4.78, 5) is 25.9. The van der Waals surface area contributed by atoms with Crippen LogP contribution < -0.4 is 0 Å². The predicted octanol–water partition coefficient (Wildman–Crippen LogP) is 3.79. The quantitative estimate of drug-likeness (QED) is 0.505. The first-order valence-corrected chi connectivity index (χ1v) is 10.5. The number of nitrogens with zero attached hydrogens (tertiary/aromatic N) is 6. The first-order chi connectivity index (χ1) is 15.5. The van der Waals surface area contributed by atoms with Crippen LogP contribution in [-0.4, -0.2) is 55.0 Å². The van der Waals surface area contributed by atoms with Crippen LogP contribution in [0.15, 0.2) is 48.3 Å². The van der Waals surface area contributed by atoms with Crippen LogP contribution in [0.1, 0.15) is 34.4 Å². The molecule has 1 saturated heterocycles. The SMILES string of the molecule is C=CCN(CC=C)Cc1nc(-c2ncn3c2[C@@H]2CCN2C(=O)c2c-3ccc(F)c2Cl)no1. The van der Waals surface area contributed by atoms with Crippen LogP contribution in [0.4, 0.5) is 4.39 Å². The molecule has 0 radical (unpaired) electrons. The smallest absolute Gasteiger partial charge is 0.258 e. The molecule has 3 aromatic rings. The van der Waals surface area contributed by atoms with Crippen molar-refractivity contribution < 1.29 is 13.7 Å². The highest BCUT2D eigenvalue weighted by molar-refractivity contribution is 6.34. The number of rotatable bonds is 7. The average molecular weight is 455 g/mol. The second kappa shape index (κ2) is 7.99. The molecule has 10 heteroatoms. The molecule has 1 amide bonds. The van der Waals surface area contributed by atoms with Crippen LogP contribution in [0.5, 0.6) is 0 Å². The minimum absolute atomic E-state index is 0.136. The molecule has 8 nitrogen and oxygen atoms in total. The lowest BCUT2D eigenvalue weighted by atomic mass is 9.97. The van der Waals surface area contributed by atoms with E-state index in [2.05, 4.69) is 28.3 Å². The van der Waals surface area contributed by atoms with Gasteiger partial charge in [0.25, 0.3) is 5.91 Å². The van der Waals surface area contributed by atoms with Gasteiger partial charge >= 0.3 is 0 Å². The Labute approximate surface area is 188 Å². The maximum Gasteiger partial charge on any atom is 0.258 e. The zero-order valence-electron chi connectivity index (χ0n) is 17.2. The number of halogens is 2. The van der Waals surface area contributed by atoms with Crippen molar-refractivity contribution in [3.05, 3.63) is 71.8 Å². The van der Waals surface area contributed by atoms with Crippen molar-refractivity contribution in [2.24, 2.45) is 0 Å². The second-order valence-electron chi connectivity index (χ2n) is 7.69. The third kappa shape index (κ3) is 3.16. The summed E-state index contributed by atoms with van der Waals surface area (Å²) in [5.74, 6) is -0.160. The van der Waals surface area contributed by atoms with Gasteiger partial charge in [0.1, 0.15) is 17.8 Å². The largest absolute Gasteiger partial charge is 0.337 e. The molecule has 0 bridgehead atoms. The Hall–Kier alpha value is -3.30. The van der Waals surface area contributed by atoms with E-state index >= 15 is 0 Å². The van der Waals surface area contributed by atoms with E-state index in [0.717, 1.165) is 12.1 Å². The molecule has 0 saturated carbocycles. The summed E-state index contributed by atoms with van der Waals surface area (Å²) in [5, 5.41) is 3.94. The van der Waals surface area contributed by atoms with Crippen molar-refractivity contribution >= 4 is 17.5 Å². The summed E-state index contributed by atoms with van der Waals surface area (Å²) in [5.41, 5.74) is 1.90. The minimum Gasteiger partial charge on any atom is -0.337 e. The molecule has 2 aliphatic heterocycles. The van der Waals surface area contributed by atoms with Gasteiger partial charge in [-0.15, -0.1) is 13.2 Å². The Morgan fingerprint density at radius 2 is 2.09 bits per heavy atom. The Bertz CT molecular complexity index is 1230. The van der Waals surface area contributed by atoms with Gasteiger partial charge in [-0.25, -0.2) is 9.37 Å². The molecular weight excluding hydrogens is 435 g/mol. The molecule has 164 valence electrons. The van der Waals surface area contributed by atoms with Crippen LogP contribution in [-0.2, 0) is 6.54 Å². The van der Waals surface area contributed by atoms with E-state index in [1.807, 2.05) is 4.90 Å². The monoisotopic (exact) mass is 454 g/mol. The summed E-state index contributed by atoms with van der Waals surface area (Å²) in [6.45, 7) is 9.82. The van der Waals surface area contributed by atoms with Crippen LogP contribution >= 0.6 is 11.6 Å². The Morgan fingerprint density at radius 1 is 1.31 bits per heavy atom. The van der Waals surface area contributed by atoms with Crippen molar-refractivity contribution in [2.75, 3.05) is 19.6 Å². The topological polar surface area (TPSA) is 80.3 Å². The van der Waals surface area contributed by atoms with Crippen molar-refractivity contribution in [1.82, 2.24) is 29.5 Å². The molecule has 0 spiro atoms. The van der Waals surface area contributed by atoms with Gasteiger partial charge < -0.3 is 9.42 Å². The van der Waals surface area contributed by atoms with Gasteiger partial charge in [0, 0.05) is 19.6 Å². The first kappa shape index (κ1) is 20.6. The Balaban J connectivity index is 1.56. The highest BCUT2D eigenvalue weighted by Crippen LogP contribution is 2.44. The van der Waals surface area contributed by atoms with Gasteiger partial charge in [-0.05, 0) is 18.6 Å². The lowest BCUT2D eigenvalue weighted by Gasteiger charge is -2.39. The zero-order chi connectivity index (χ0) is 22.4. The summed E-state index contributed by atoms with van der Waals surface area (Å²) >= 11 is 6.19. The van der Waals surface area contributed by atoms with Gasteiger partial charge in [0.05, 0.1) is 34.6 Å². The lowest BCUT2D eigenvalue weighted by molar-refractivity contribution is 0.0461. The molecule has 1 aromatic carbocycles. The fourth-order valence-corrected chi connectivity index (χ4v) is 4.46. The number of hydrogen-bond donors (Lipinski definition) is 0. The van der Waals surface area contributed by atoms with E-state index in [1.54, 1.807) is 34.0 Å². The lowest BCUT2D eigenvalue weighted by Crippen LogP contribution is -2.44. The fourth-order valence-electron chi connectivity index (χ4n) is 4.22. The van der Waals surface area contributed by atoms with Crippen LogP contribution in [0.3, 0.4) is 0 Å². The molecular formula is C22H20ClFN6O2. The standard InChI is InChI=1S/C22H20ClFN6O2/c1-3-8-28(9-4-2)11-16-26-21(27-32-16)19-20-15-7-10-29(15)22(31)17-14(30(20)12-25-19)6-5-13(24)18(17)23/h3-6,12,15H,1-2,7-11H2/t15-/m0/s1. The van der Waals surface area contributed by atoms with E-state index in [9.17, 15) is 9.18 Å². The number of fused-ring (bicyclic) bond motifs is 5. The van der Waals surface area contributed by atoms with Gasteiger partial charge in [-0.3, -0.25) is 14.3 Å². The summed E-state index contributed by atoms with van der Waals surface area (Å²) in [6.07, 6.45) is 5.92. The van der Waals surface area contributed by atoms with Crippen molar-refractivity contribution in [2.45, 2.75) is 19.0 Å². The number of carbonyl (C=O) groups excluding carboxylic acids is 1. The van der Waals surface area contributed by atoms with Gasteiger partial charge in [-0.2, -0.15) is 4.98 Å². The number of aromatic nitrogens is 4. The highest BCUT2D eigenvalue weighted by atomic mass is 35.5. The van der Waals surface area contributed by atoms with E-state index < -0.39 is 5.82 Å². The van der Waals surface area contributed by atoms with Gasteiger partial charge in [-0.1, -0.05) is 28.9 Å². The molecule has 0 aliphatic carbocycles. The van der Waals surface area contributed by atoms with E-state index in [0.29, 0.717) is 49.3 Å². The van der Waals surface area contributed by atoms with Crippen molar-refractivity contribution in [1.29, 1.82) is 0 Å². The highest BCUT2D eigenvalue weighted by Gasteiger charge is 2.43. The molecule has 4 heterocycles. The van der Waals surface area contributed by atoms with E-state index in [4.69, 9.17) is 16.1 Å². The summed E-state index contributed by atoms with van der Waals surface area (Å²) < 4.78 is 21.4. The summed E-state index contributed by atoms with van der Waals surface area (Å²) in [6, 6.07) is 2.56. The zero-order valence-corrected chi connectivity index (χ0v) is 17.9. The maximum absolute atomic E-state index is 14.1. The van der Waals surface area contributed by atoms with Gasteiger partial charge in [0.2, 0.25) is 11.7 Å². The molecule has 1 fully saturated rings. The number of hydrogen-bond acceptors (Lipinski definition) is 6. The maximum atomic E-state index is 14.1. The molecule has 5 rings (SSSR count). The minimum atomic E-state index is -0.633. The number of benzene rings is 1. The van der Waals surface area contributed by atoms with Crippen LogP contribution in [0.25, 0.3) is 17.2 Å². The second-order valence-corrected chi connectivity index (χ2v) is 8.07. The molecule has 2 aromatic heterocycles.